The molecule has 1 amide bonds. The summed E-state index contributed by atoms with van der Waals surface area (Å²) in [6.07, 6.45) is 2.11. The number of hydrogen-bond donors (Lipinski definition) is 1. The van der Waals surface area contributed by atoms with E-state index in [0.29, 0.717) is 15.7 Å². The molecule has 0 bridgehead atoms. The van der Waals surface area contributed by atoms with Gasteiger partial charge in [-0.2, -0.15) is 0 Å². The quantitative estimate of drug-likeness (QED) is 0.872. The monoisotopic (exact) mass is 348 g/mol. The molecule has 0 saturated heterocycles. The first-order valence-corrected chi connectivity index (χ1v) is 8.38. The molecule has 0 unspecified atom stereocenters. The lowest BCUT2D eigenvalue weighted by molar-refractivity contribution is -0.115. The minimum absolute atomic E-state index is 0.117. The number of benzene rings is 2. The van der Waals surface area contributed by atoms with E-state index in [2.05, 4.69) is 35.3 Å². The third-order valence-corrected chi connectivity index (χ3v) is 4.64. The van der Waals surface area contributed by atoms with Crippen molar-refractivity contribution in [3.8, 4) is 0 Å². The molecule has 3 nitrogen and oxygen atoms in total. The van der Waals surface area contributed by atoms with E-state index in [1.165, 1.54) is 11.1 Å². The predicted octanol–water partition coefficient (Wildman–Crippen LogP) is 4.69. The highest BCUT2D eigenvalue weighted by atomic mass is 35.5. The summed E-state index contributed by atoms with van der Waals surface area (Å²) in [6, 6.07) is 11.6. The predicted molar refractivity (Wildman–Crippen MR) is 96.8 cm³/mol. The number of rotatable bonds is 3. The van der Waals surface area contributed by atoms with Crippen LogP contribution >= 0.6 is 23.2 Å². The Kier molecular flexibility index (Phi) is 4.79. The second-order valence-corrected chi connectivity index (χ2v) is 6.62. The van der Waals surface area contributed by atoms with Crippen molar-refractivity contribution < 1.29 is 4.79 Å². The standard InChI is InChI=1S/C18H18Cl2N2O/c1-12-7-8-16-13(10-12)4-3-9-22(16)11-17(23)21-18-14(19)5-2-6-15(18)20/h2,5-8,10H,3-4,9,11H2,1H3,(H,21,23). The molecular weight excluding hydrogens is 331 g/mol. The summed E-state index contributed by atoms with van der Waals surface area (Å²) >= 11 is 12.2. The van der Waals surface area contributed by atoms with Crippen molar-refractivity contribution in [2.75, 3.05) is 23.3 Å². The second kappa shape index (κ2) is 6.81. The minimum atomic E-state index is -0.117. The van der Waals surface area contributed by atoms with Crippen molar-refractivity contribution in [3.05, 3.63) is 57.6 Å². The van der Waals surface area contributed by atoms with Crippen LogP contribution in [0.15, 0.2) is 36.4 Å². The Balaban J connectivity index is 1.75. The summed E-state index contributed by atoms with van der Waals surface area (Å²) < 4.78 is 0. The van der Waals surface area contributed by atoms with E-state index in [4.69, 9.17) is 23.2 Å². The molecule has 3 rings (SSSR count). The van der Waals surface area contributed by atoms with Gasteiger partial charge in [0.25, 0.3) is 0 Å². The number of fused-ring (bicyclic) bond motifs is 1. The molecule has 5 heteroatoms. The van der Waals surface area contributed by atoms with Crippen LogP contribution in [0.1, 0.15) is 17.5 Å². The lowest BCUT2D eigenvalue weighted by Gasteiger charge is -2.31. The average Bonchev–Trinajstić information content (AvgIpc) is 2.51. The van der Waals surface area contributed by atoms with Crippen LogP contribution in [-0.4, -0.2) is 19.0 Å². The van der Waals surface area contributed by atoms with Crippen LogP contribution in [0.25, 0.3) is 0 Å². The molecule has 2 aromatic carbocycles. The first-order valence-electron chi connectivity index (χ1n) is 7.63. The van der Waals surface area contributed by atoms with Crippen molar-refractivity contribution in [1.82, 2.24) is 0 Å². The maximum atomic E-state index is 12.4. The van der Waals surface area contributed by atoms with Crippen LogP contribution in [0, 0.1) is 6.92 Å². The first-order chi connectivity index (χ1) is 11.0. The van der Waals surface area contributed by atoms with E-state index in [1.807, 2.05) is 0 Å². The number of halogens is 2. The maximum absolute atomic E-state index is 12.4. The molecule has 1 N–H and O–H groups in total. The highest BCUT2D eigenvalue weighted by Crippen LogP contribution is 2.31. The van der Waals surface area contributed by atoms with Gasteiger partial charge in [-0.1, -0.05) is 47.0 Å². The molecule has 1 aliphatic rings. The minimum Gasteiger partial charge on any atom is -0.362 e. The fourth-order valence-corrected chi connectivity index (χ4v) is 3.43. The number of anilines is 2. The Morgan fingerprint density at radius 1 is 1.22 bits per heavy atom. The van der Waals surface area contributed by atoms with Gasteiger partial charge in [-0.15, -0.1) is 0 Å². The number of amides is 1. The lowest BCUT2D eigenvalue weighted by atomic mass is 9.99. The van der Waals surface area contributed by atoms with Crippen LogP contribution < -0.4 is 10.2 Å². The van der Waals surface area contributed by atoms with Gasteiger partial charge in [0.2, 0.25) is 5.91 Å². The van der Waals surface area contributed by atoms with Gasteiger partial charge in [-0.25, -0.2) is 0 Å². The van der Waals surface area contributed by atoms with Gasteiger partial charge in [-0.3, -0.25) is 4.79 Å². The van der Waals surface area contributed by atoms with E-state index >= 15 is 0 Å². The zero-order chi connectivity index (χ0) is 16.4. The molecule has 0 fully saturated rings. The number of carbonyl (C=O) groups is 1. The zero-order valence-corrected chi connectivity index (χ0v) is 14.4. The first kappa shape index (κ1) is 16.2. The fourth-order valence-electron chi connectivity index (χ4n) is 2.94. The number of aryl methyl sites for hydroxylation is 2. The third kappa shape index (κ3) is 3.62. The van der Waals surface area contributed by atoms with Crippen molar-refractivity contribution in [3.63, 3.8) is 0 Å². The second-order valence-electron chi connectivity index (χ2n) is 5.80. The molecule has 2 aromatic rings. The van der Waals surface area contributed by atoms with Gasteiger partial charge >= 0.3 is 0 Å². The molecule has 120 valence electrons. The zero-order valence-electron chi connectivity index (χ0n) is 12.9. The Morgan fingerprint density at radius 2 is 1.96 bits per heavy atom. The molecule has 1 heterocycles. The third-order valence-electron chi connectivity index (χ3n) is 4.01. The Bertz CT molecular complexity index is 726. The van der Waals surface area contributed by atoms with E-state index in [9.17, 15) is 4.79 Å². The summed E-state index contributed by atoms with van der Waals surface area (Å²) in [5, 5.41) is 3.71. The average molecular weight is 349 g/mol. The van der Waals surface area contributed by atoms with Crippen LogP contribution in [0.2, 0.25) is 10.0 Å². The molecule has 0 aliphatic carbocycles. The topological polar surface area (TPSA) is 32.3 Å². The number of carbonyl (C=O) groups excluding carboxylic acids is 1. The number of nitrogens with one attached hydrogen (secondary N) is 1. The Hall–Kier alpha value is -1.71. The molecule has 0 aromatic heterocycles. The molecule has 0 saturated carbocycles. The Labute approximate surface area is 146 Å². The fraction of sp³-hybridized carbons (Fsp3) is 0.278. The van der Waals surface area contributed by atoms with E-state index in [1.54, 1.807) is 18.2 Å². The number of hydrogen-bond acceptors (Lipinski definition) is 2. The van der Waals surface area contributed by atoms with Gasteiger partial charge in [0.1, 0.15) is 0 Å². The van der Waals surface area contributed by atoms with Crippen LogP contribution in [0.4, 0.5) is 11.4 Å². The lowest BCUT2D eigenvalue weighted by Crippen LogP contribution is -2.36. The van der Waals surface area contributed by atoms with Crippen LogP contribution in [-0.2, 0) is 11.2 Å². The summed E-state index contributed by atoms with van der Waals surface area (Å²) in [7, 11) is 0. The van der Waals surface area contributed by atoms with Gasteiger partial charge in [0.05, 0.1) is 22.3 Å². The SMILES string of the molecule is Cc1ccc2c(c1)CCCN2CC(=O)Nc1c(Cl)cccc1Cl. The van der Waals surface area contributed by atoms with Gasteiger partial charge in [0.15, 0.2) is 0 Å². The number of nitrogens with zero attached hydrogens (tertiary/aromatic N) is 1. The summed E-state index contributed by atoms with van der Waals surface area (Å²) in [5.41, 5.74) is 4.17. The largest absolute Gasteiger partial charge is 0.362 e. The molecule has 0 atom stereocenters. The molecule has 0 radical (unpaired) electrons. The molecule has 1 aliphatic heterocycles. The molecular formula is C18H18Cl2N2O. The van der Waals surface area contributed by atoms with Gasteiger partial charge < -0.3 is 10.2 Å². The highest BCUT2D eigenvalue weighted by molar-refractivity contribution is 6.39. The normalized spacial score (nSPS) is 13.6. The summed E-state index contributed by atoms with van der Waals surface area (Å²) in [4.78, 5) is 14.5. The van der Waals surface area contributed by atoms with E-state index in [-0.39, 0.29) is 12.5 Å². The van der Waals surface area contributed by atoms with Crippen molar-refractivity contribution in [2.24, 2.45) is 0 Å². The summed E-state index contributed by atoms with van der Waals surface area (Å²) in [6.45, 7) is 3.25. The van der Waals surface area contributed by atoms with E-state index < -0.39 is 0 Å². The van der Waals surface area contributed by atoms with Gasteiger partial charge in [-0.05, 0) is 43.5 Å². The van der Waals surface area contributed by atoms with Crippen molar-refractivity contribution in [1.29, 1.82) is 0 Å². The smallest absolute Gasteiger partial charge is 0.243 e. The molecule has 0 spiro atoms. The number of para-hydroxylation sites is 1. The van der Waals surface area contributed by atoms with Crippen LogP contribution in [0.3, 0.4) is 0 Å². The van der Waals surface area contributed by atoms with Crippen molar-refractivity contribution in [2.45, 2.75) is 19.8 Å². The van der Waals surface area contributed by atoms with Gasteiger partial charge in [0, 0.05) is 12.2 Å². The highest BCUT2D eigenvalue weighted by Gasteiger charge is 2.20. The van der Waals surface area contributed by atoms with E-state index in [0.717, 1.165) is 25.1 Å². The maximum Gasteiger partial charge on any atom is 0.243 e. The summed E-state index contributed by atoms with van der Waals surface area (Å²) in [5.74, 6) is -0.117. The molecule has 23 heavy (non-hydrogen) atoms. The van der Waals surface area contributed by atoms with Crippen molar-refractivity contribution >= 4 is 40.5 Å². The van der Waals surface area contributed by atoms with Crippen LogP contribution in [0.5, 0.6) is 0 Å². The Morgan fingerprint density at radius 3 is 2.70 bits per heavy atom.